The molecule has 2 bridgehead atoms. The van der Waals surface area contributed by atoms with Gasteiger partial charge in [0.05, 0.1) is 5.69 Å². The summed E-state index contributed by atoms with van der Waals surface area (Å²) in [7, 11) is 0. The van der Waals surface area contributed by atoms with E-state index in [1.54, 1.807) is 0 Å². The SMILES string of the molecule is CCn1nc(C)cc1CC1(N)CC2CC1C1CCCC21. The minimum Gasteiger partial charge on any atom is -0.324 e. The predicted octanol–water partition coefficient (Wildman–Crippen LogP) is 2.91. The second kappa shape index (κ2) is 4.33. The lowest BCUT2D eigenvalue weighted by molar-refractivity contribution is 0.154. The number of fused-ring (bicyclic) bond motifs is 5. The van der Waals surface area contributed by atoms with Crippen molar-refractivity contribution in [3.05, 3.63) is 17.5 Å². The summed E-state index contributed by atoms with van der Waals surface area (Å²) in [5.74, 6) is 3.67. The van der Waals surface area contributed by atoms with Crippen LogP contribution in [0.25, 0.3) is 0 Å². The molecule has 1 aromatic heterocycles. The van der Waals surface area contributed by atoms with Gasteiger partial charge in [0.1, 0.15) is 0 Å². The van der Waals surface area contributed by atoms with Gasteiger partial charge in [-0.25, -0.2) is 0 Å². The van der Waals surface area contributed by atoms with E-state index in [0.29, 0.717) is 0 Å². The lowest BCUT2D eigenvalue weighted by Gasteiger charge is -2.40. The Labute approximate surface area is 121 Å². The molecule has 0 saturated heterocycles. The molecule has 0 radical (unpaired) electrons. The molecule has 3 fully saturated rings. The average molecular weight is 273 g/mol. The van der Waals surface area contributed by atoms with Crippen molar-refractivity contribution >= 4 is 0 Å². The number of rotatable bonds is 3. The van der Waals surface area contributed by atoms with Gasteiger partial charge >= 0.3 is 0 Å². The molecule has 4 rings (SSSR count). The van der Waals surface area contributed by atoms with Crippen molar-refractivity contribution in [1.29, 1.82) is 0 Å². The van der Waals surface area contributed by atoms with Crippen LogP contribution in [-0.2, 0) is 13.0 Å². The van der Waals surface area contributed by atoms with Crippen LogP contribution in [0.5, 0.6) is 0 Å². The van der Waals surface area contributed by atoms with Gasteiger partial charge in [0.15, 0.2) is 0 Å². The lowest BCUT2D eigenvalue weighted by Crippen LogP contribution is -2.51. The molecular formula is C17H27N3. The lowest BCUT2D eigenvalue weighted by atomic mass is 9.69. The Balaban J connectivity index is 1.59. The van der Waals surface area contributed by atoms with E-state index in [2.05, 4.69) is 29.7 Å². The van der Waals surface area contributed by atoms with Gasteiger partial charge in [0, 0.05) is 24.2 Å². The summed E-state index contributed by atoms with van der Waals surface area (Å²) < 4.78 is 2.15. The van der Waals surface area contributed by atoms with Crippen molar-refractivity contribution in [2.24, 2.45) is 29.4 Å². The van der Waals surface area contributed by atoms with E-state index in [4.69, 9.17) is 5.73 Å². The Morgan fingerprint density at radius 2 is 2.20 bits per heavy atom. The fraction of sp³-hybridized carbons (Fsp3) is 0.824. The second-order valence-corrected chi connectivity index (χ2v) is 7.57. The van der Waals surface area contributed by atoms with Gasteiger partial charge in [-0.2, -0.15) is 5.10 Å². The third-order valence-corrected chi connectivity index (χ3v) is 6.48. The van der Waals surface area contributed by atoms with Gasteiger partial charge in [-0.05, 0) is 69.3 Å². The van der Waals surface area contributed by atoms with E-state index in [1.807, 2.05) is 0 Å². The van der Waals surface area contributed by atoms with Crippen molar-refractivity contribution in [3.63, 3.8) is 0 Å². The zero-order valence-electron chi connectivity index (χ0n) is 12.8. The summed E-state index contributed by atoms with van der Waals surface area (Å²) in [5, 5.41) is 4.59. The first kappa shape index (κ1) is 12.9. The molecule has 5 atom stereocenters. The minimum absolute atomic E-state index is 0.0512. The number of aromatic nitrogens is 2. The van der Waals surface area contributed by atoms with E-state index in [9.17, 15) is 0 Å². The maximum Gasteiger partial charge on any atom is 0.0596 e. The van der Waals surface area contributed by atoms with Gasteiger partial charge in [0.25, 0.3) is 0 Å². The number of nitrogens with zero attached hydrogens (tertiary/aromatic N) is 2. The zero-order valence-corrected chi connectivity index (χ0v) is 12.8. The quantitative estimate of drug-likeness (QED) is 0.920. The van der Waals surface area contributed by atoms with Crippen molar-refractivity contribution in [3.8, 4) is 0 Å². The summed E-state index contributed by atoms with van der Waals surface area (Å²) >= 11 is 0. The van der Waals surface area contributed by atoms with Crippen LogP contribution in [0.15, 0.2) is 6.07 Å². The number of nitrogens with two attached hydrogens (primary N) is 1. The molecule has 0 aromatic carbocycles. The molecule has 1 aromatic rings. The topological polar surface area (TPSA) is 43.8 Å². The van der Waals surface area contributed by atoms with Crippen LogP contribution >= 0.6 is 0 Å². The average Bonchev–Trinajstić information content (AvgIpc) is 3.09. The van der Waals surface area contributed by atoms with Crippen LogP contribution in [0.1, 0.15) is 50.4 Å². The Morgan fingerprint density at radius 1 is 1.40 bits per heavy atom. The first-order valence-corrected chi connectivity index (χ1v) is 8.43. The highest BCUT2D eigenvalue weighted by Crippen LogP contribution is 2.62. The Hall–Kier alpha value is -0.830. The second-order valence-electron chi connectivity index (χ2n) is 7.57. The molecule has 3 saturated carbocycles. The molecule has 1 heterocycles. The van der Waals surface area contributed by atoms with Crippen molar-refractivity contribution in [1.82, 2.24) is 9.78 Å². The van der Waals surface area contributed by atoms with E-state index in [0.717, 1.165) is 42.3 Å². The van der Waals surface area contributed by atoms with Gasteiger partial charge in [-0.3, -0.25) is 4.68 Å². The summed E-state index contributed by atoms with van der Waals surface area (Å²) in [6.07, 6.45) is 8.07. The molecule has 0 amide bonds. The smallest absolute Gasteiger partial charge is 0.0596 e. The highest BCUT2D eigenvalue weighted by Gasteiger charge is 2.59. The molecule has 3 nitrogen and oxygen atoms in total. The molecule has 2 N–H and O–H groups in total. The van der Waals surface area contributed by atoms with Crippen LogP contribution in [-0.4, -0.2) is 15.3 Å². The van der Waals surface area contributed by atoms with Crippen molar-refractivity contribution in [2.75, 3.05) is 0 Å². The third kappa shape index (κ3) is 1.71. The van der Waals surface area contributed by atoms with Crippen LogP contribution in [0.4, 0.5) is 0 Å². The normalized spacial score (nSPS) is 42.4. The van der Waals surface area contributed by atoms with E-state index in [1.165, 1.54) is 37.8 Å². The Kier molecular flexibility index (Phi) is 2.79. The Bertz CT molecular complexity index is 520. The minimum atomic E-state index is 0.0512. The molecule has 3 heteroatoms. The third-order valence-electron chi connectivity index (χ3n) is 6.48. The van der Waals surface area contributed by atoms with Crippen molar-refractivity contribution < 1.29 is 0 Å². The number of hydrogen-bond donors (Lipinski definition) is 1. The van der Waals surface area contributed by atoms with Crippen LogP contribution in [0, 0.1) is 30.6 Å². The van der Waals surface area contributed by atoms with E-state index >= 15 is 0 Å². The number of aryl methyl sites for hydroxylation is 2. The fourth-order valence-corrected chi connectivity index (χ4v) is 5.87. The van der Waals surface area contributed by atoms with Crippen LogP contribution in [0.2, 0.25) is 0 Å². The molecule has 20 heavy (non-hydrogen) atoms. The predicted molar refractivity (Wildman–Crippen MR) is 80.3 cm³/mol. The van der Waals surface area contributed by atoms with Gasteiger partial charge in [0.2, 0.25) is 0 Å². The molecule has 0 spiro atoms. The standard InChI is InChI=1S/C17H27N3/c1-3-20-13(7-11(2)19-20)10-17(18)9-12-8-16(17)15-6-4-5-14(12)15/h7,12,14-16H,3-6,8-10,18H2,1-2H3. The van der Waals surface area contributed by atoms with Gasteiger partial charge in [-0.1, -0.05) is 6.42 Å². The number of hydrogen-bond acceptors (Lipinski definition) is 2. The summed E-state index contributed by atoms with van der Waals surface area (Å²) in [6.45, 7) is 5.22. The molecule has 5 unspecified atom stereocenters. The molecule has 0 aliphatic heterocycles. The van der Waals surface area contributed by atoms with Crippen LogP contribution in [0.3, 0.4) is 0 Å². The summed E-state index contributed by atoms with van der Waals surface area (Å²) in [6, 6.07) is 2.25. The van der Waals surface area contributed by atoms with E-state index in [-0.39, 0.29) is 5.54 Å². The highest BCUT2D eigenvalue weighted by molar-refractivity contribution is 5.19. The molecule has 110 valence electrons. The van der Waals surface area contributed by atoms with Crippen molar-refractivity contribution in [2.45, 2.75) is 64.5 Å². The largest absolute Gasteiger partial charge is 0.324 e. The first-order valence-electron chi connectivity index (χ1n) is 8.43. The Morgan fingerprint density at radius 3 is 3.00 bits per heavy atom. The van der Waals surface area contributed by atoms with Gasteiger partial charge in [-0.15, -0.1) is 0 Å². The van der Waals surface area contributed by atoms with E-state index < -0.39 is 0 Å². The summed E-state index contributed by atoms with van der Waals surface area (Å²) in [4.78, 5) is 0. The fourth-order valence-electron chi connectivity index (χ4n) is 5.87. The first-order chi connectivity index (χ1) is 9.60. The molecular weight excluding hydrogens is 246 g/mol. The maximum absolute atomic E-state index is 6.92. The maximum atomic E-state index is 6.92. The monoisotopic (exact) mass is 273 g/mol. The summed E-state index contributed by atoms with van der Waals surface area (Å²) in [5.41, 5.74) is 9.46. The molecule has 3 aliphatic carbocycles. The van der Waals surface area contributed by atoms with Gasteiger partial charge < -0.3 is 5.73 Å². The molecule has 3 aliphatic rings. The van der Waals surface area contributed by atoms with Crippen LogP contribution < -0.4 is 5.73 Å². The highest BCUT2D eigenvalue weighted by atomic mass is 15.3. The zero-order chi connectivity index (χ0) is 13.9.